The molecule has 2 rings (SSSR count). The second-order valence-corrected chi connectivity index (χ2v) is 5.02. The average molecular weight is 271 g/mol. The molecule has 0 aliphatic carbocycles. The van der Waals surface area contributed by atoms with E-state index in [9.17, 15) is 4.79 Å². The third kappa shape index (κ3) is 3.83. The molecular weight excluding hydrogens is 258 g/mol. The number of nitrogens with one attached hydrogen (secondary N) is 2. The fraction of sp³-hybridized carbons (Fsp3) is 0.143. The molecule has 2 N–H and O–H groups in total. The molecule has 0 aliphatic heterocycles. The fourth-order valence-corrected chi connectivity index (χ4v) is 2.35. The highest BCUT2D eigenvalue weighted by Crippen LogP contribution is 2.17. The van der Waals surface area contributed by atoms with Crippen LogP contribution in [0.25, 0.3) is 0 Å². The van der Waals surface area contributed by atoms with Gasteiger partial charge in [-0.3, -0.25) is 4.79 Å². The topological polar surface area (TPSA) is 64.9 Å². The van der Waals surface area contributed by atoms with Crippen LogP contribution in [0.1, 0.15) is 17.4 Å². The Bertz CT molecular complexity index is 610. The third-order valence-corrected chi connectivity index (χ3v) is 3.39. The second-order valence-electron chi connectivity index (χ2n) is 4.03. The molecule has 0 unspecified atom stereocenters. The summed E-state index contributed by atoms with van der Waals surface area (Å²) < 4.78 is 0. The molecule has 1 amide bonds. The van der Waals surface area contributed by atoms with E-state index in [1.54, 1.807) is 11.3 Å². The first kappa shape index (κ1) is 13.1. The number of hydrogen-bond acceptors (Lipinski definition) is 4. The Balaban J connectivity index is 1.93. The van der Waals surface area contributed by atoms with Crippen molar-refractivity contribution < 1.29 is 4.79 Å². The highest BCUT2D eigenvalue weighted by molar-refractivity contribution is 7.10. The molecule has 0 bridgehead atoms. The first-order valence-electron chi connectivity index (χ1n) is 5.76. The van der Waals surface area contributed by atoms with Crippen molar-refractivity contribution in [2.45, 2.75) is 13.5 Å². The summed E-state index contributed by atoms with van der Waals surface area (Å²) in [5.74, 6) is -0.0803. The van der Waals surface area contributed by atoms with Crippen LogP contribution in [0.2, 0.25) is 0 Å². The molecule has 1 heterocycles. The number of carbonyl (C=O) groups excluding carboxylic acids is 1. The normalized spacial score (nSPS) is 9.68. The Morgan fingerprint density at radius 3 is 2.58 bits per heavy atom. The number of anilines is 2. The van der Waals surface area contributed by atoms with E-state index in [1.807, 2.05) is 35.7 Å². The van der Waals surface area contributed by atoms with E-state index in [-0.39, 0.29) is 5.91 Å². The predicted octanol–water partition coefficient (Wildman–Crippen LogP) is 3.19. The molecule has 0 spiro atoms. The van der Waals surface area contributed by atoms with Gasteiger partial charge < -0.3 is 10.6 Å². The lowest BCUT2D eigenvalue weighted by Gasteiger charge is -2.06. The van der Waals surface area contributed by atoms with Crippen molar-refractivity contribution in [3.8, 4) is 6.07 Å². The maximum atomic E-state index is 10.9. The molecule has 4 nitrogen and oxygen atoms in total. The van der Waals surface area contributed by atoms with Gasteiger partial charge in [-0.25, -0.2) is 0 Å². The first-order valence-corrected chi connectivity index (χ1v) is 6.64. The van der Waals surface area contributed by atoms with Gasteiger partial charge in [0.25, 0.3) is 0 Å². The maximum Gasteiger partial charge on any atom is 0.221 e. The van der Waals surface area contributed by atoms with Gasteiger partial charge in [0.1, 0.15) is 6.07 Å². The summed E-state index contributed by atoms with van der Waals surface area (Å²) in [6.07, 6.45) is 0. The van der Waals surface area contributed by atoms with Crippen molar-refractivity contribution in [1.29, 1.82) is 5.26 Å². The smallest absolute Gasteiger partial charge is 0.221 e. The number of hydrogen-bond donors (Lipinski definition) is 2. The lowest BCUT2D eigenvalue weighted by atomic mass is 10.2. The van der Waals surface area contributed by atoms with Gasteiger partial charge in [0, 0.05) is 35.1 Å². The maximum absolute atomic E-state index is 10.9. The SMILES string of the molecule is CC(=O)Nc1ccc(NCc2cc(C#N)cs2)cc1. The molecule has 0 saturated heterocycles. The highest BCUT2D eigenvalue weighted by atomic mass is 32.1. The van der Waals surface area contributed by atoms with Crippen LogP contribution in [0.15, 0.2) is 35.7 Å². The highest BCUT2D eigenvalue weighted by Gasteiger charge is 2.00. The summed E-state index contributed by atoms with van der Waals surface area (Å²) in [5.41, 5.74) is 2.45. The molecule has 5 heteroatoms. The van der Waals surface area contributed by atoms with Crippen LogP contribution >= 0.6 is 11.3 Å². The van der Waals surface area contributed by atoms with Crippen molar-refractivity contribution in [2.24, 2.45) is 0 Å². The summed E-state index contributed by atoms with van der Waals surface area (Å²) in [7, 11) is 0. The molecule has 0 saturated carbocycles. The largest absolute Gasteiger partial charge is 0.380 e. The summed E-state index contributed by atoms with van der Waals surface area (Å²) in [5, 5.41) is 16.6. The molecule has 2 aromatic rings. The minimum atomic E-state index is -0.0803. The van der Waals surface area contributed by atoms with Gasteiger partial charge >= 0.3 is 0 Å². The van der Waals surface area contributed by atoms with E-state index in [1.165, 1.54) is 6.92 Å². The van der Waals surface area contributed by atoms with Crippen LogP contribution in [0.4, 0.5) is 11.4 Å². The summed E-state index contributed by atoms with van der Waals surface area (Å²) in [6, 6.07) is 11.5. The third-order valence-electron chi connectivity index (χ3n) is 2.45. The zero-order valence-electron chi connectivity index (χ0n) is 10.4. The number of amides is 1. The second kappa shape index (κ2) is 6.03. The number of nitriles is 1. The number of nitrogens with zero attached hydrogens (tertiary/aromatic N) is 1. The first-order chi connectivity index (χ1) is 9.17. The number of carbonyl (C=O) groups is 1. The van der Waals surface area contributed by atoms with Crippen molar-refractivity contribution in [3.63, 3.8) is 0 Å². The predicted molar refractivity (Wildman–Crippen MR) is 77.1 cm³/mol. The van der Waals surface area contributed by atoms with Crippen molar-refractivity contribution >= 4 is 28.6 Å². The lowest BCUT2D eigenvalue weighted by Crippen LogP contribution is -2.05. The van der Waals surface area contributed by atoms with Crippen molar-refractivity contribution in [3.05, 3.63) is 46.2 Å². The number of benzene rings is 1. The van der Waals surface area contributed by atoms with Gasteiger partial charge in [0.2, 0.25) is 5.91 Å². The zero-order chi connectivity index (χ0) is 13.7. The molecule has 0 radical (unpaired) electrons. The Morgan fingerprint density at radius 2 is 2.00 bits per heavy atom. The summed E-state index contributed by atoms with van der Waals surface area (Å²) in [4.78, 5) is 12.0. The Kier molecular flexibility index (Phi) is 4.16. The van der Waals surface area contributed by atoms with Crippen LogP contribution in [0, 0.1) is 11.3 Å². The quantitative estimate of drug-likeness (QED) is 0.897. The van der Waals surface area contributed by atoms with E-state index >= 15 is 0 Å². The van der Waals surface area contributed by atoms with Gasteiger partial charge in [-0.2, -0.15) is 5.26 Å². The molecule has 19 heavy (non-hydrogen) atoms. The molecule has 0 aliphatic rings. The van der Waals surface area contributed by atoms with Gasteiger partial charge in [-0.15, -0.1) is 11.3 Å². The van der Waals surface area contributed by atoms with Crippen molar-refractivity contribution in [1.82, 2.24) is 0 Å². The number of thiophene rings is 1. The van der Waals surface area contributed by atoms with Crippen LogP contribution in [-0.2, 0) is 11.3 Å². The standard InChI is InChI=1S/C14H13N3OS/c1-10(18)17-13-4-2-12(3-5-13)16-8-14-6-11(7-15)9-19-14/h2-6,9,16H,8H2,1H3,(H,17,18). The van der Waals surface area contributed by atoms with E-state index in [0.717, 1.165) is 16.3 Å². The van der Waals surface area contributed by atoms with E-state index in [4.69, 9.17) is 5.26 Å². The van der Waals surface area contributed by atoms with Crippen LogP contribution in [0.5, 0.6) is 0 Å². The minimum absolute atomic E-state index is 0.0803. The van der Waals surface area contributed by atoms with Gasteiger partial charge in [-0.05, 0) is 30.3 Å². The van der Waals surface area contributed by atoms with Crippen LogP contribution in [-0.4, -0.2) is 5.91 Å². The van der Waals surface area contributed by atoms with Crippen LogP contribution < -0.4 is 10.6 Å². The van der Waals surface area contributed by atoms with E-state index in [0.29, 0.717) is 12.1 Å². The molecular formula is C14H13N3OS. The Morgan fingerprint density at radius 1 is 1.32 bits per heavy atom. The van der Waals surface area contributed by atoms with Crippen molar-refractivity contribution in [2.75, 3.05) is 10.6 Å². The Hall–Kier alpha value is -2.32. The monoisotopic (exact) mass is 271 g/mol. The lowest BCUT2D eigenvalue weighted by molar-refractivity contribution is -0.114. The van der Waals surface area contributed by atoms with Crippen LogP contribution in [0.3, 0.4) is 0 Å². The minimum Gasteiger partial charge on any atom is -0.380 e. The zero-order valence-corrected chi connectivity index (χ0v) is 11.3. The Labute approximate surface area is 115 Å². The molecule has 0 fully saturated rings. The molecule has 96 valence electrons. The van der Waals surface area contributed by atoms with Gasteiger partial charge in [0.05, 0.1) is 5.56 Å². The fourth-order valence-electron chi connectivity index (χ4n) is 1.60. The van der Waals surface area contributed by atoms with E-state index in [2.05, 4.69) is 16.7 Å². The van der Waals surface area contributed by atoms with Gasteiger partial charge in [0.15, 0.2) is 0 Å². The summed E-state index contributed by atoms with van der Waals surface area (Å²) >= 11 is 1.56. The summed E-state index contributed by atoms with van der Waals surface area (Å²) in [6.45, 7) is 2.17. The average Bonchev–Trinajstić information content (AvgIpc) is 2.85. The molecule has 1 aromatic carbocycles. The molecule has 1 aromatic heterocycles. The van der Waals surface area contributed by atoms with Gasteiger partial charge in [-0.1, -0.05) is 0 Å². The number of rotatable bonds is 4. The molecule has 0 atom stereocenters. The van der Waals surface area contributed by atoms with E-state index < -0.39 is 0 Å².